The van der Waals surface area contributed by atoms with Crippen LogP contribution in [0.3, 0.4) is 0 Å². The van der Waals surface area contributed by atoms with Gasteiger partial charge in [-0.3, -0.25) is 0 Å². The molecule has 1 aromatic carbocycles. The average Bonchev–Trinajstić information content (AvgIpc) is 2.70. The van der Waals surface area contributed by atoms with Gasteiger partial charge in [0.2, 0.25) is 0 Å². The van der Waals surface area contributed by atoms with Gasteiger partial charge in [0.05, 0.1) is 10.5 Å². The third-order valence-electron chi connectivity index (χ3n) is 3.17. The van der Waals surface area contributed by atoms with E-state index in [0.29, 0.717) is 6.04 Å². The predicted octanol–water partition coefficient (Wildman–Crippen LogP) is 3.69. The lowest BCUT2D eigenvalue weighted by Crippen LogP contribution is -2.21. The van der Waals surface area contributed by atoms with Crippen LogP contribution in [0, 0.1) is 0 Å². The van der Waals surface area contributed by atoms with Gasteiger partial charge in [0, 0.05) is 12.1 Å². The molecule has 0 bridgehead atoms. The van der Waals surface area contributed by atoms with Crippen molar-refractivity contribution >= 4 is 21.7 Å². The number of hydrogen-bond donors (Lipinski definition) is 1. The van der Waals surface area contributed by atoms with Crippen LogP contribution >= 0.6 is 15.9 Å². The smallest absolute Gasteiger partial charge is 0.139 e. The number of halogens is 1. The molecular weight excluding hydrogens is 278 g/mol. The van der Waals surface area contributed by atoms with Gasteiger partial charge in [-0.15, -0.1) is 0 Å². The van der Waals surface area contributed by atoms with Crippen molar-refractivity contribution in [1.29, 1.82) is 0 Å². The summed E-state index contributed by atoms with van der Waals surface area (Å²) in [7, 11) is 0. The normalized spacial score (nSPS) is 18.6. The highest BCUT2D eigenvalue weighted by Crippen LogP contribution is 2.37. The lowest BCUT2D eigenvalue weighted by molar-refractivity contribution is 0.454. The zero-order valence-electron chi connectivity index (χ0n) is 9.65. The van der Waals surface area contributed by atoms with Gasteiger partial charge in [-0.05, 0) is 29.3 Å². The number of aromatic nitrogens is 2. The Labute approximate surface area is 109 Å². The van der Waals surface area contributed by atoms with Crippen LogP contribution < -0.4 is 5.32 Å². The van der Waals surface area contributed by atoms with Gasteiger partial charge >= 0.3 is 0 Å². The number of hydrogen-bond acceptors (Lipinski definition) is 2. The van der Waals surface area contributed by atoms with E-state index in [1.54, 1.807) is 0 Å². The van der Waals surface area contributed by atoms with Crippen molar-refractivity contribution in [1.82, 2.24) is 9.78 Å². The molecule has 3 rings (SSSR count). The SMILES string of the molecule is CC1CCNc2c(Br)c(-c3ccccc3)nn21. The number of anilines is 1. The van der Waals surface area contributed by atoms with Gasteiger partial charge in [0.15, 0.2) is 0 Å². The summed E-state index contributed by atoms with van der Waals surface area (Å²) in [5.74, 6) is 1.10. The summed E-state index contributed by atoms with van der Waals surface area (Å²) in [5, 5.41) is 8.11. The van der Waals surface area contributed by atoms with E-state index in [-0.39, 0.29) is 0 Å². The van der Waals surface area contributed by atoms with E-state index < -0.39 is 0 Å². The Kier molecular flexibility index (Phi) is 2.67. The number of nitrogens with one attached hydrogen (secondary N) is 1. The first kappa shape index (κ1) is 10.8. The summed E-state index contributed by atoms with van der Waals surface area (Å²) in [4.78, 5) is 0. The summed E-state index contributed by atoms with van der Waals surface area (Å²) in [6.45, 7) is 3.22. The Morgan fingerprint density at radius 2 is 2.12 bits per heavy atom. The zero-order chi connectivity index (χ0) is 11.8. The van der Waals surface area contributed by atoms with E-state index in [1.165, 1.54) is 0 Å². The third-order valence-corrected chi connectivity index (χ3v) is 3.92. The molecule has 2 aromatic rings. The first-order valence-corrected chi connectivity index (χ1v) is 6.64. The van der Waals surface area contributed by atoms with Crippen molar-refractivity contribution in [2.75, 3.05) is 11.9 Å². The van der Waals surface area contributed by atoms with E-state index in [2.05, 4.69) is 45.0 Å². The molecule has 0 saturated carbocycles. The summed E-state index contributed by atoms with van der Waals surface area (Å²) in [6.07, 6.45) is 1.12. The number of fused-ring (bicyclic) bond motifs is 1. The molecule has 17 heavy (non-hydrogen) atoms. The van der Waals surface area contributed by atoms with Gasteiger partial charge in [0.25, 0.3) is 0 Å². The van der Waals surface area contributed by atoms with E-state index >= 15 is 0 Å². The molecule has 0 fully saturated rings. The minimum Gasteiger partial charge on any atom is -0.369 e. The van der Waals surface area contributed by atoms with Crippen molar-refractivity contribution in [2.24, 2.45) is 0 Å². The lowest BCUT2D eigenvalue weighted by Gasteiger charge is -2.22. The monoisotopic (exact) mass is 291 g/mol. The molecule has 0 radical (unpaired) electrons. The Morgan fingerprint density at radius 3 is 2.82 bits per heavy atom. The van der Waals surface area contributed by atoms with Gasteiger partial charge < -0.3 is 5.32 Å². The fraction of sp³-hybridized carbons (Fsp3) is 0.308. The van der Waals surface area contributed by atoms with E-state index in [4.69, 9.17) is 5.10 Å². The number of benzene rings is 1. The van der Waals surface area contributed by atoms with Crippen molar-refractivity contribution < 1.29 is 0 Å². The largest absolute Gasteiger partial charge is 0.369 e. The average molecular weight is 292 g/mol. The molecule has 1 atom stereocenters. The fourth-order valence-electron chi connectivity index (χ4n) is 2.19. The topological polar surface area (TPSA) is 29.9 Å². The van der Waals surface area contributed by atoms with Gasteiger partial charge in [-0.1, -0.05) is 30.3 Å². The number of rotatable bonds is 1. The Bertz CT molecular complexity index is 533. The molecule has 3 nitrogen and oxygen atoms in total. The molecule has 88 valence electrons. The molecule has 1 aromatic heterocycles. The van der Waals surface area contributed by atoms with Gasteiger partial charge in [0.1, 0.15) is 11.5 Å². The van der Waals surface area contributed by atoms with Crippen molar-refractivity contribution in [3.05, 3.63) is 34.8 Å². The quantitative estimate of drug-likeness (QED) is 0.868. The first-order valence-electron chi connectivity index (χ1n) is 5.84. The van der Waals surface area contributed by atoms with E-state index in [9.17, 15) is 0 Å². The van der Waals surface area contributed by atoms with Crippen LogP contribution in [0.2, 0.25) is 0 Å². The maximum absolute atomic E-state index is 4.71. The summed E-state index contributed by atoms with van der Waals surface area (Å²) < 4.78 is 3.14. The molecule has 1 aliphatic rings. The Balaban J connectivity index is 2.14. The Hall–Kier alpha value is -1.29. The van der Waals surface area contributed by atoms with Crippen molar-refractivity contribution in [3.8, 4) is 11.3 Å². The molecule has 2 heterocycles. The maximum Gasteiger partial charge on any atom is 0.139 e. The first-order chi connectivity index (χ1) is 8.27. The van der Waals surface area contributed by atoms with Crippen molar-refractivity contribution in [3.63, 3.8) is 0 Å². The van der Waals surface area contributed by atoms with Gasteiger partial charge in [-0.25, -0.2) is 4.68 Å². The summed E-state index contributed by atoms with van der Waals surface area (Å²) in [5.41, 5.74) is 2.16. The third kappa shape index (κ3) is 1.76. The van der Waals surface area contributed by atoms with Crippen LogP contribution in [0.4, 0.5) is 5.82 Å². The molecule has 0 saturated heterocycles. The molecule has 1 unspecified atom stereocenters. The van der Waals surface area contributed by atoms with Crippen LogP contribution in [-0.2, 0) is 0 Å². The van der Waals surface area contributed by atoms with Crippen LogP contribution in [0.1, 0.15) is 19.4 Å². The lowest BCUT2D eigenvalue weighted by atomic mass is 10.1. The van der Waals surface area contributed by atoms with E-state index in [0.717, 1.165) is 34.5 Å². The van der Waals surface area contributed by atoms with Crippen LogP contribution in [0.25, 0.3) is 11.3 Å². The van der Waals surface area contributed by atoms with Crippen LogP contribution in [-0.4, -0.2) is 16.3 Å². The summed E-state index contributed by atoms with van der Waals surface area (Å²) >= 11 is 3.66. The number of nitrogens with zero attached hydrogens (tertiary/aromatic N) is 2. The standard InChI is InChI=1S/C13H14BrN3/c1-9-7-8-15-13-11(14)12(16-17(9)13)10-5-3-2-4-6-10/h2-6,9,15H,7-8H2,1H3. The highest BCUT2D eigenvalue weighted by Gasteiger charge is 2.23. The Morgan fingerprint density at radius 1 is 1.35 bits per heavy atom. The minimum atomic E-state index is 0.458. The second-order valence-corrected chi connectivity index (χ2v) is 5.18. The minimum absolute atomic E-state index is 0.458. The highest BCUT2D eigenvalue weighted by molar-refractivity contribution is 9.10. The molecule has 0 spiro atoms. The highest BCUT2D eigenvalue weighted by atomic mass is 79.9. The summed E-state index contributed by atoms with van der Waals surface area (Å²) in [6, 6.07) is 10.7. The second kappa shape index (κ2) is 4.18. The van der Waals surface area contributed by atoms with E-state index in [1.807, 2.05) is 18.2 Å². The predicted molar refractivity (Wildman–Crippen MR) is 73.2 cm³/mol. The molecule has 0 aliphatic carbocycles. The fourth-order valence-corrected chi connectivity index (χ4v) is 2.82. The molecule has 0 amide bonds. The van der Waals surface area contributed by atoms with Crippen LogP contribution in [0.15, 0.2) is 34.8 Å². The molecule has 1 aliphatic heterocycles. The zero-order valence-corrected chi connectivity index (χ0v) is 11.2. The maximum atomic E-state index is 4.71. The van der Waals surface area contributed by atoms with Gasteiger partial charge in [-0.2, -0.15) is 5.10 Å². The van der Waals surface area contributed by atoms with Crippen molar-refractivity contribution in [2.45, 2.75) is 19.4 Å². The second-order valence-electron chi connectivity index (χ2n) is 4.39. The molecule has 1 N–H and O–H groups in total. The molecule has 4 heteroatoms. The van der Waals surface area contributed by atoms with Crippen LogP contribution in [0.5, 0.6) is 0 Å². The molecular formula is C13H14BrN3.